The molecule has 0 saturated carbocycles. The van der Waals surface area contributed by atoms with E-state index in [-0.39, 0.29) is 6.54 Å². The molecule has 0 saturated heterocycles. The predicted octanol–water partition coefficient (Wildman–Crippen LogP) is 1.05. The normalized spacial score (nSPS) is 11.7. The molecule has 18 heavy (non-hydrogen) atoms. The number of esters is 2. The number of methoxy groups -OCH3 is 1. The Bertz CT molecular complexity index is 391. The summed E-state index contributed by atoms with van der Waals surface area (Å²) in [5.41, 5.74) is 0.750. The van der Waals surface area contributed by atoms with E-state index in [0.29, 0.717) is 6.61 Å². The summed E-state index contributed by atoms with van der Waals surface area (Å²) in [6.45, 7) is 1.98. The monoisotopic (exact) mass is 251 g/mol. The molecule has 0 fully saturated rings. The molecule has 0 aliphatic heterocycles. The van der Waals surface area contributed by atoms with Gasteiger partial charge in [-0.05, 0) is 12.5 Å². The van der Waals surface area contributed by atoms with Crippen molar-refractivity contribution in [2.24, 2.45) is 0 Å². The van der Waals surface area contributed by atoms with Crippen LogP contribution in [0, 0.1) is 0 Å². The lowest BCUT2D eigenvalue weighted by Crippen LogP contribution is -2.34. The van der Waals surface area contributed by atoms with Crippen LogP contribution < -0.4 is 5.32 Å². The number of hydrogen-bond donors (Lipinski definition) is 1. The van der Waals surface area contributed by atoms with Crippen LogP contribution in [-0.2, 0) is 19.1 Å². The van der Waals surface area contributed by atoms with Crippen LogP contribution in [-0.4, -0.2) is 32.2 Å². The Morgan fingerprint density at radius 3 is 2.50 bits per heavy atom. The van der Waals surface area contributed by atoms with Crippen LogP contribution in [0.15, 0.2) is 30.3 Å². The first-order chi connectivity index (χ1) is 8.69. The van der Waals surface area contributed by atoms with Crippen LogP contribution >= 0.6 is 0 Å². The fourth-order valence-corrected chi connectivity index (χ4v) is 1.47. The van der Waals surface area contributed by atoms with Gasteiger partial charge in [-0.15, -0.1) is 0 Å². The molecule has 1 aromatic rings. The molecule has 1 N–H and O–H groups in total. The second-order valence-corrected chi connectivity index (χ2v) is 3.55. The van der Waals surface area contributed by atoms with Crippen LogP contribution in [0.2, 0.25) is 0 Å². The van der Waals surface area contributed by atoms with E-state index in [1.165, 1.54) is 7.11 Å². The third-order valence-electron chi connectivity index (χ3n) is 2.33. The molecule has 5 nitrogen and oxygen atoms in total. The molecule has 98 valence electrons. The molecule has 5 heteroatoms. The SMILES string of the molecule is CCOC(=O)C(NCC(=O)OC)c1ccccc1. The number of nitrogens with one attached hydrogen (secondary N) is 1. The smallest absolute Gasteiger partial charge is 0.327 e. The van der Waals surface area contributed by atoms with Gasteiger partial charge in [-0.2, -0.15) is 0 Å². The van der Waals surface area contributed by atoms with Crippen LogP contribution in [0.5, 0.6) is 0 Å². The lowest BCUT2D eigenvalue weighted by Gasteiger charge is -2.16. The molecule has 0 aliphatic carbocycles. The predicted molar refractivity (Wildman–Crippen MR) is 65.8 cm³/mol. The lowest BCUT2D eigenvalue weighted by atomic mass is 10.1. The van der Waals surface area contributed by atoms with Crippen molar-refractivity contribution in [3.05, 3.63) is 35.9 Å². The number of hydrogen-bond acceptors (Lipinski definition) is 5. The molecule has 1 unspecified atom stereocenters. The van der Waals surface area contributed by atoms with E-state index < -0.39 is 18.0 Å². The maximum atomic E-state index is 11.8. The highest BCUT2D eigenvalue weighted by molar-refractivity contribution is 5.79. The Kier molecular flexibility index (Phi) is 5.87. The van der Waals surface area contributed by atoms with Crippen LogP contribution in [0.1, 0.15) is 18.5 Å². The molecule has 0 heterocycles. The number of carbonyl (C=O) groups is 2. The van der Waals surface area contributed by atoms with Crippen molar-refractivity contribution in [2.75, 3.05) is 20.3 Å². The van der Waals surface area contributed by atoms with Gasteiger partial charge in [0.25, 0.3) is 0 Å². The molecule has 1 rings (SSSR count). The van der Waals surface area contributed by atoms with Crippen molar-refractivity contribution in [1.82, 2.24) is 5.32 Å². The summed E-state index contributed by atoms with van der Waals surface area (Å²) in [5, 5.41) is 2.82. The molecule has 0 aliphatic rings. The van der Waals surface area contributed by atoms with Crippen molar-refractivity contribution in [3.63, 3.8) is 0 Å². The number of benzene rings is 1. The first-order valence-corrected chi connectivity index (χ1v) is 5.70. The Morgan fingerprint density at radius 1 is 1.28 bits per heavy atom. The fourth-order valence-electron chi connectivity index (χ4n) is 1.47. The maximum absolute atomic E-state index is 11.8. The van der Waals surface area contributed by atoms with Crippen molar-refractivity contribution in [1.29, 1.82) is 0 Å². The van der Waals surface area contributed by atoms with Gasteiger partial charge in [0.05, 0.1) is 20.3 Å². The summed E-state index contributed by atoms with van der Waals surface area (Å²) >= 11 is 0. The van der Waals surface area contributed by atoms with Gasteiger partial charge < -0.3 is 9.47 Å². The molecule has 0 aromatic heterocycles. The summed E-state index contributed by atoms with van der Waals surface area (Å²) in [5.74, 6) is -0.840. The summed E-state index contributed by atoms with van der Waals surface area (Å²) in [4.78, 5) is 22.9. The zero-order valence-corrected chi connectivity index (χ0v) is 10.5. The molecule has 0 amide bonds. The van der Waals surface area contributed by atoms with E-state index in [0.717, 1.165) is 5.56 Å². The first kappa shape index (κ1) is 14.2. The van der Waals surface area contributed by atoms with Crippen molar-refractivity contribution < 1.29 is 19.1 Å². The van der Waals surface area contributed by atoms with Gasteiger partial charge in [0.15, 0.2) is 0 Å². The Balaban J connectivity index is 2.75. The van der Waals surface area contributed by atoms with E-state index in [4.69, 9.17) is 4.74 Å². The van der Waals surface area contributed by atoms with E-state index >= 15 is 0 Å². The zero-order valence-electron chi connectivity index (χ0n) is 10.5. The van der Waals surface area contributed by atoms with Gasteiger partial charge in [-0.3, -0.25) is 10.1 Å². The summed E-state index contributed by atoms with van der Waals surface area (Å²) in [6, 6.07) is 8.43. The molecular weight excluding hydrogens is 234 g/mol. The minimum absolute atomic E-state index is 0.0468. The van der Waals surface area contributed by atoms with Crippen molar-refractivity contribution >= 4 is 11.9 Å². The lowest BCUT2D eigenvalue weighted by molar-refractivity contribution is -0.146. The average Bonchev–Trinajstić information content (AvgIpc) is 2.40. The van der Waals surface area contributed by atoms with E-state index in [9.17, 15) is 9.59 Å². The Morgan fingerprint density at radius 2 is 1.94 bits per heavy atom. The topological polar surface area (TPSA) is 64.6 Å². The molecule has 1 aromatic carbocycles. The summed E-state index contributed by atoms with van der Waals surface area (Å²) in [7, 11) is 1.30. The Hall–Kier alpha value is -1.88. The van der Waals surface area contributed by atoms with E-state index in [1.807, 2.05) is 18.2 Å². The van der Waals surface area contributed by atoms with Gasteiger partial charge in [0.1, 0.15) is 6.04 Å². The molecule has 0 spiro atoms. The highest BCUT2D eigenvalue weighted by Crippen LogP contribution is 2.14. The second kappa shape index (κ2) is 7.45. The maximum Gasteiger partial charge on any atom is 0.327 e. The standard InChI is InChI=1S/C13H17NO4/c1-3-18-13(16)12(14-9-11(15)17-2)10-7-5-4-6-8-10/h4-8,12,14H,3,9H2,1-2H3. The summed E-state index contributed by atoms with van der Waals surface area (Å²) in [6.07, 6.45) is 0. The number of carbonyl (C=O) groups excluding carboxylic acids is 2. The van der Waals surface area contributed by atoms with Crippen LogP contribution in [0.25, 0.3) is 0 Å². The first-order valence-electron chi connectivity index (χ1n) is 5.70. The van der Waals surface area contributed by atoms with E-state index in [2.05, 4.69) is 10.1 Å². The molecule has 0 radical (unpaired) electrons. The van der Waals surface area contributed by atoms with E-state index in [1.54, 1.807) is 19.1 Å². The third-order valence-corrected chi connectivity index (χ3v) is 2.33. The van der Waals surface area contributed by atoms with Crippen LogP contribution in [0.4, 0.5) is 0 Å². The number of ether oxygens (including phenoxy) is 2. The Labute approximate surface area is 106 Å². The summed E-state index contributed by atoms with van der Waals surface area (Å²) < 4.78 is 9.49. The van der Waals surface area contributed by atoms with Gasteiger partial charge in [-0.25, -0.2) is 4.79 Å². The minimum Gasteiger partial charge on any atom is -0.468 e. The number of rotatable bonds is 6. The highest BCUT2D eigenvalue weighted by Gasteiger charge is 2.22. The quantitative estimate of drug-likeness (QED) is 0.766. The second-order valence-electron chi connectivity index (χ2n) is 3.55. The zero-order chi connectivity index (χ0) is 13.4. The van der Waals surface area contributed by atoms with Gasteiger partial charge in [0, 0.05) is 0 Å². The molecule has 1 atom stereocenters. The molecular formula is C13H17NO4. The minimum atomic E-state index is -0.662. The van der Waals surface area contributed by atoms with Crippen LogP contribution in [0.3, 0.4) is 0 Å². The third kappa shape index (κ3) is 4.18. The fraction of sp³-hybridized carbons (Fsp3) is 0.385. The largest absolute Gasteiger partial charge is 0.468 e. The highest BCUT2D eigenvalue weighted by atomic mass is 16.5. The van der Waals surface area contributed by atoms with Gasteiger partial charge in [-0.1, -0.05) is 30.3 Å². The van der Waals surface area contributed by atoms with Crippen molar-refractivity contribution in [2.45, 2.75) is 13.0 Å². The average molecular weight is 251 g/mol. The van der Waals surface area contributed by atoms with Crippen molar-refractivity contribution in [3.8, 4) is 0 Å². The van der Waals surface area contributed by atoms with Gasteiger partial charge >= 0.3 is 11.9 Å². The van der Waals surface area contributed by atoms with Gasteiger partial charge in [0.2, 0.25) is 0 Å². The molecule has 0 bridgehead atoms.